The van der Waals surface area contributed by atoms with E-state index in [1.165, 1.54) is 12.8 Å². The molecule has 144 valence electrons. The molecule has 7 nitrogen and oxygen atoms in total. The maximum Gasteiger partial charge on any atom is 0.161 e. The highest BCUT2D eigenvalue weighted by atomic mass is 16.5. The van der Waals surface area contributed by atoms with Crippen molar-refractivity contribution in [2.24, 2.45) is 7.05 Å². The predicted molar refractivity (Wildman–Crippen MR) is 104 cm³/mol. The maximum atomic E-state index is 5.42. The predicted octanol–water partition coefficient (Wildman–Crippen LogP) is 3.34. The van der Waals surface area contributed by atoms with E-state index in [1.54, 1.807) is 20.4 Å². The number of unbranched alkanes of at least 4 members (excludes halogenated alkanes) is 2. The summed E-state index contributed by atoms with van der Waals surface area (Å²) in [7, 11) is 5.19. The van der Waals surface area contributed by atoms with E-state index in [0.29, 0.717) is 12.2 Å². The van der Waals surface area contributed by atoms with E-state index >= 15 is 0 Å². The number of nitrogens with zero attached hydrogens (tertiary/aromatic N) is 5. The topological polar surface area (TPSA) is 67.0 Å². The third kappa shape index (κ3) is 4.30. The summed E-state index contributed by atoms with van der Waals surface area (Å²) >= 11 is 0. The Morgan fingerprint density at radius 2 is 1.85 bits per heavy atom. The van der Waals surface area contributed by atoms with Gasteiger partial charge in [-0.25, -0.2) is 4.98 Å². The largest absolute Gasteiger partial charge is 0.493 e. The molecule has 1 aromatic carbocycles. The van der Waals surface area contributed by atoms with Crippen LogP contribution < -0.4 is 9.47 Å². The number of ether oxygens (including phenoxy) is 2. The average molecular weight is 369 g/mol. The normalized spacial score (nSPS) is 11.0. The Labute approximate surface area is 159 Å². The van der Waals surface area contributed by atoms with Crippen molar-refractivity contribution < 1.29 is 9.47 Å². The van der Waals surface area contributed by atoms with E-state index in [2.05, 4.69) is 12.0 Å². The van der Waals surface area contributed by atoms with Gasteiger partial charge in [0.15, 0.2) is 23.1 Å². The van der Waals surface area contributed by atoms with Crippen LogP contribution in [0.1, 0.15) is 43.4 Å². The Morgan fingerprint density at radius 3 is 2.52 bits per heavy atom. The zero-order valence-corrected chi connectivity index (χ0v) is 16.5. The molecule has 0 saturated heterocycles. The van der Waals surface area contributed by atoms with Gasteiger partial charge in [-0.15, -0.1) is 5.10 Å². The van der Waals surface area contributed by atoms with Crippen molar-refractivity contribution >= 4 is 0 Å². The van der Waals surface area contributed by atoms with Gasteiger partial charge in [0, 0.05) is 26.0 Å². The molecule has 0 radical (unpaired) electrons. The van der Waals surface area contributed by atoms with Gasteiger partial charge in [0.1, 0.15) is 5.82 Å². The van der Waals surface area contributed by atoms with Crippen LogP contribution in [-0.4, -0.2) is 38.8 Å². The summed E-state index contributed by atoms with van der Waals surface area (Å²) in [5.41, 5.74) is 1.09. The van der Waals surface area contributed by atoms with Crippen LogP contribution in [0.5, 0.6) is 11.5 Å². The summed E-state index contributed by atoms with van der Waals surface area (Å²) in [5.74, 6) is 4.09. The molecule has 0 unspecified atom stereocenters. The Kier molecular flexibility index (Phi) is 6.11. The van der Waals surface area contributed by atoms with Gasteiger partial charge in [-0.1, -0.05) is 25.8 Å². The number of rotatable bonds is 9. The lowest BCUT2D eigenvalue weighted by molar-refractivity contribution is 0.354. The summed E-state index contributed by atoms with van der Waals surface area (Å²) < 4.78 is 14.5. The molecule has 0 N–H and O–H groups in total. The van der Waals surface area contributed by atoms with E-state index < -0.39 is 0 Å². The van der Waals surface area contributed by atoms with Gasteiger partial charge < -0.3 is 9.47 Å². The van der Waals surface area contributed by atoms with Crippen molar-refractivity contribution in [1.82, 2.24) is 24.5 Å². The van der Waals surface area contributed by atoms with Gasteiger partial charge in [-0.2, -0.15) is 9.78 Å². The molecule has 3 aromatic rings. The van der Waals surface area contributed by atoms with Crippen LogP contribution in [0.15, 0.2) is 30.5 Å². The second-order valence-electron chi connectivity index (χ2n) is 6.49. The minimum absolute atomic E-state index is 0.645. The van der Waals surface area contributed by atoms with E-state index in [1.807, 2.05) is 40.7 Å². The summed E-state index contributed by atoms with van der Waals surface area (Å²) in [4.78, 5) is 4.81. The number of benzene rings is 1. The van der Waals surface area contributed by atoms with Crippen molar-refractivity contribution in [3.8, 4) is 17.3 Å². The molecule has 0 amide bonds. The first-order valence-electron chi connectivity index (χ1n) is 9.30. The van der Waals surface area contributed by atoms with Gasteiger partial charge in [0.05, 0.1) is 20.4 Å². The van der Waals surface area contributed by atoms with Crippen molar-refractivity contribution in [3.63, 3.8) is 0 Å². The zero-order chi connectivity index (χ0) is 19.2. The average Bonchev–Trinajstić information content (AvgIpc) is 3.27. The minimum atomic E-state index is 0.645. The molecule has 7 heteroatoms. The number of hydrogen-bond acceptors (Lipinski definition) is 5. The maximum absolute atomic E-state index is 5.42. The molecule has 0 aliphatic rings. The third-order valence-corrected chi connectivity index (χ3v) is 4.54. The van der Waals surface area contributed by atoms with Gasteiger partial charge >= 0.3 is 0 Å². The SMILES string of the molecule is CCCCCc1nc(Cc2ccc(OC)c(OC)c2)n(-c2ccnn2C)n1. The fourth-order valence-electron chi connectivity index (χ4n) is 3.08. The van der Waals surface area contributed by atoms with Gasteiger partial charge in [0.2, 0.25) is 0 Å². The molecular formula is C20H27N5O2. The highest BCUT2D eigenvalue weighted by Crippen LogP contribution is 2.28. The lowest BCUT2D eigenvalue weighted by atomic mass is 10.1. The smallest absolute Gasteiger partial charge is 0.161 e. The molecule has 0 fully saturated rings. The van der Waals surface area contributed by atoms with Crippen molar-refractivity contribution in [1.29, 1.82) is 0 Å². The highest BCUT2D eigenvalue weighted by molar-refractivity contribution is 5.43. The van der Waals surface area contributed by atoms with E-state index in [0.717, 1.165) is 41.6 Å². The second-order valence-corrected chi connectivity index (χ2v) is 6.49. The lowest BCUT2D eigenvalue weighted by Gasteiger charge is -2.10. The molecule has 27 heavy (non-hydrogen) atoms. The van der Waals surface area contributed by atoms with Crippen molar-refractivity contribution in [3.05, 3.63) is 47.7 Å². The minimum Gasteiger partial charge on any atom is -0.493 e. The van der Waals surface area contributed by atoms with Gasteiger partial charge in [-0.3, -0.25) is 4.68 Å². The van der Waals surface area contributed by atoms with Gasteiger partial charge in [0.25, 0.3) is 0 Å². The van der Waals surface area contributed by atoms with E-state index in [4.69, 9.17) is 19.6 Å². The first-order valence-corrected chi connectivity index (χ1v) is 9.30. The molecule has 0 atom stereocenters. The number of aromatic nitrogens is 5. The number of methoxy groups -OCH3 is 2. The Hall–Kier alpha value is -2.83. The number of aryl methyl sites for hydroxylation is 2. The monoisotopic (exact) mass is 369 g/mol. The molecule has 0 saturated carbocycles. The molecule has 3 rings (SSSR count). The summed E-state index contributed by atoms with van der Waals surface area (Å²) in [6.07, 6.45) is 6.77. The lowest BCUT2D eigenvalue weighted by Crippen LogP contribution is -2.09. The molecule has 2 aromatic heterocycles. The van der Waals surface area contributed by atoms with Crippen LogP contribution in [0.4, 0.5) is 0 Å². The standard InChI is InChI=1S/C20H27N5O2/c1-5-6-7-8-18-22-19(25(23-18)20-11-12-21-24(20)2)14-15-9-10-16(26-3)17(13-15)27-4/h9-13H,5-8,14H2,1-4H3. The van der Waals surface area contributed by atoms with E-state index in [-0.39, 0.29) is 0 Å². The fraction of sp³-hybridized carbons (Fsp3) is 0.450. The zero-order valence-electron chi connectivity index (χ0n) is 16.5. The summed E-state index contributed by atoms with van der Waals surface area (Å²) in [6.45, 7) is 2.20. The van der Waals surface area contributed by atoms with Crippen molar-refractivity contribution in [2.75, 3.05) is 14.2 Å². The van der Waals surface area contributed by atoms with Crippen LogP contribution in [-0.2, 0) is 19.9 Å². The van der Waals surface area contributed by atoms with Crippen LogP contribution >= 0.6 is 0 Å². The molecule has 0 bridgehead atoms. The number of hydrogen-bond donors (Lipinski definition) is 0. The van der Waals surface area contributed by atoms with Gasteiger partial charge in [-0.05, 0) is 24.1 Å². The van der Waals surface area contributed by atoms with Crippen molar-refractivity contribution in [2.45, 2.75) is 39.0 Å². The quantitative estimate of drug-likeness (QED) is 0.541. The second kappa shape index (κ2) is 8.70. The molecular weight excluding hydrogens is 342 g/mol. The molecule has 2 heterocycles. The third-order valence-electron chi connectivity index (χ3n) is 4.54. The summed E-state index contributed by atoms with van der Waals surface area (Å²) in [5, 5.41) is 9.01. The molecule has 0 aliphatic heterocycles. The summed E-state index contributed by atoms with van der Waals surface area (Å²) in [6, 6.07) is 7.88. The van der Waals surface area contributed by atoms with Crippen LogP contribution in [0, 0.1) is 0 Å². The first kappa shape index (κ1) is 18.9. The first-order chi connectivity index (χ1) is 13.2. The Bertz CT molecular complexity index is 884. The van der Waals surface area contributed by atoms with E-state index in [9.17, 15) is 0 Å². The molecule has 0 aliphatic carbocycles. The Balaban J connectivity index is 1.92. The Morgan fingerprint density at radius 1 is 1.04 bits per heavy atom. The van der Waals surface area contributed by atoms with Crippen LogP contribution in [0.2, 0.25) is 0 Å². The fourth-order valence-corrected chi connectivity index (χ4v) is 3.08. The van der Waals surface area contributed by atoms with Crippen LogP contribution in [0.25, 0.3) is 5.82 Å². The highest BCUT2D eigenvalue weighted by Gasteiger charge is 2.15. The molecule has 0 spiro atoms. The van der Waals surface area contributed by atoms with Crippen LogP contribution in [0.3, 0.4) is 0 Å².